The summed E-state index contributed by atoms with van der Waals surface area (Å²) in [6, 6.07) is 6.93. The summed E-state index contributed by atoms with van der Waals surface area (Å²) in [5, 5.41) is 4.92. The lowest BCUT2D eigenvalue weighted by atomic mass is 9.72. The van der Waals surface area contributed by atoms with Crippen molar-refractivity contribution in [2.45, 2.75) is 53.4 Å². The second-order valence-electron chi connectivity index (χ2n) is 8.53. The fraction of sp³-hybridized carbons (Fsp3) is 0.478. The molecule has 0 radical (unpaired) electrons. The van der Waals surface area contributed by atoms with Crippen molar-refractivity contribution in [1.29, 1.82) is 0 Å². The first-order valence-corrected chi connectivity index (χ1v) is 10.8. The summed E-state index contributed by atoms with van der Waals surface area (Å²) in [5.41, 5.74) is 3.32. The third-order valence-electron chi connectivity index (χ3n) is 5.42. The molecule has 0 spiro atoms. The summed E-state index contributed by atoms with van der Waals surface area (Å²) in [4.78, 5) is 26.2. The Morgan fingerprint density at radius 2 is 2.07 bits per heavy atom. The first kappa shape index (κ1) is 20.6. The summed E-state index contributed by atoms with van der Waals surface area (Å²) >= 11 is 1.69. The smallest absolute Gasteiger partial charge is 0.338 e. The zero-order chi connectivity index (χ0) is 20.3. The zero-order valence-electron chi connectivity index (χ0n) is 17.1. The van der Waals surface area contributed by atoms with Crippen molar-refractivity contribution < 1.29 is 14.3 Å². The van der Waals surface area contributed by atoms with E-state index in [-0.39, 0.29) is 17.3 Å². The van der Waals surface area contributed by atoms with Gasteiger partial charge in [0.1, 0.15) is 0 Å². The van der Waals surface area contributed by atoms with Crippen LogP contribution in [0.2, 0.25) is 0 Å². The molecule has 0 fully saturated rings. The van der Waals surface area contributed by atoms with Gasteiger partial charge in [-0.15, -0.1) is 11.3 Å². The van der Waals surface area contributed by atoms with Crippen LogP contribution >= 0.6 is 11.3 Å². The van der Waals surface area contributed by atoms with Gasteiger partial charge in [-0.1, -0.05) is 33.8 Å². The molecule has 28 heavy (non-hydrogen) atoms. The zero-order valence-corrected chi connectivity index (χ0v) is 17.9. The minimum Gasteiger partial charge on any atom is -0.462 e. The van der Waals surface area contributed by atoms with Gasteiger partial charge in [-0.2, -0.15) is 0 Å². The molecule has 150 valence electrons. The van der Waals surface area contributed by atoms with Crippen molar-refractivity contribution in [3.05, 3.63) is 51.2 Å². The standard InChI is InChI=1S/C23H29NO3S/c1-5-11-27-22(26)15-7-6-8-17(12-15)24-21(25)19-14-28-20-13-16(23(2,3)4)9-10-18(19)20/h6-8,12,14,16H,5,9-11,13H2,1-4H3,(H,24,25). The summed E-state index contributed by atoms with van der Waals surface area (Å²) in [5.74, 6) is 0.185. The molecule has 3 rings (SSSR count). The van der Waals surface area contributed by atoms with Crippen LogP contribution in [0.15, 0.2) is 29.6 Å². The topological polar surface area (TPSA) is 55.4 Å². The Morgan fingerprint density at radius 3 is 2.79 bits per heavy atom. The van der Waals surface area contributed by atoms with Crippen LogP contribution in [-0.4, -0.2) is 18.5 Å². The number of rotatable bonds is 5. The lowest BCUT2D eigenvalue weighted by Gasteiger charge is -2.34. The molecule has 1 aliphatic rings. The minimum atomic E-state index is -0.362. The second-order valence-corrected chi connectivity index (χ2v) is 9.49. The molecule has 1 aliphatic carbocycles. The number of ether oxygens (including phenoxy) is 1. The molecule has 1 aromatic carbocycles. The Labute approximate surface area is 171 Å². The Balaban J connectivity index is 1.72. The monoisotopic (exact) mass is 399 g/mol. The van der Waals surface area contributed by atoms with Gasteiger partial charge in [0.2, 0.25) is 0 Å². The average molecular weight is 400 g/mol. The quantitative estimate of drug-likeness (QED) is 0.654. The first-order chi connectivity index (χ1) is 13.3. The van der Waals surface area contributed by atoms with E-state index in [4.69, 9.17) is 4.74 Å². The van der Waals surface area contributed by atoms with Crippen LogP contribution in [0.1, 0.15) is 71.7 Å². The third kappa shape index (κ3) is 4.64. The van der Waals surface area contributed by atoms with Crippen LogP contribution in [0.5, 0.6) is 0 Å². The average Bonchev–Trinajstić information content (AvgIpc) is 3.09. The van der Waals surface area contributed by atoms with Crippen molar-refractivity contribution in [3.8, 4) is 0 Å². The maximum atomic E-state index is 12.9. The highest BCUT2D eigenvalue weighted by Gasteiger charge is 2.31. The van der Waals surface area contributed by atoms with E-state index in [0.717, 1.165) is 31.2 Å². The van der Waals surface area contributed by atoms with Gasteiger partial charge in [-0.3, -0.25) is 4.79 Å². The molecule has 0 aliphatic heterocycles. The summed E-state index contributed by atoms with van der Waals surface area (Å²) < 4.78 is 5.17. The van der Waals surface area contributed by atoms with Crippen molar-refractivity contribution >= 4 is 28.9 Å². The molecule has 1 aromatic heterocycles. The van der Waals surface area contributed by atoms with Crippen LogP contribution in [-0.2, 0) is 17.6 Å². The highest BCUT2D eigenvalue weighted by Crippen LogP contribution is 2.40. The van der Waals surface area contributed by atoms with Crippen LogP contribution in [0.3, 0.4) is 0 Å². The number of carbonyl (C=O) groups excluding carboxylic acids is 2. The third-order valence-corrected chi connectivity index (χ3v) is 6.47. The molecule has 4 nitrogen and oxygen atoms in total. The van der Waals surface area contributed by atoms with E-state index in [1.54, 1.807) is 35.6 Å². The highest BCUT2D eigenvalue weighted by molar-refractivity contribution is 7.10. The normalized spacial score (nSPS) is 16.4. The Kier molecular flexibility index (Phi) is 6.23. The van der Waals surface area contributed by atoms with Crippen molar-refractivity contribution in [3.63, 3.8) is 0 Å². The molecule has 0 saturated carbocycles. The molecule has 5 heteroatoms. The maximum absolute atomic E-state index is 12.9. The fourth-order valence-electron chi connectivity index (χ4n) is 3.64. The van der Waals surface area contributed by atoms with Crippen LogP contribution in [0.25, 0.3) is 0 Å². The largest absolute Gasteiger partial charge is 0.462 e. The Hall–Kier alpha value is -2.14. The van der Waals surface area contributed by atoms with Gasteiger partial charge in [-0.05, 0) is 60.8 Å². The van der Waals surface area contributed by atoms with Gasteiger partial charge in [0.15, 0.2) is 0 Å². The van der Waals surface area contributed by atoms with Gasteiger partial charge in [0.25, 0.3) is 5.91 Å². The number of anilines is 1. The molecule has 1 heterocycles. The molecule has 1 amide bonds. The molecular weight excluding hydrogens is 370 g/mol. The minimum absolute atomic E-state index is 0.106. The first-order valence-electron chi connectivity index (χ1n) is 9.97. The van der Waals surface area contributed by atoms with Gasteiger partial charge in [0.05, 0.1) is 17.7 Å². The Morgan fingerprint density at radius 1 is 1.29 bits per heavy atom. The SMILES string of the molecule is CCCOC(=O)c1cccc(NC(=O)c2csc3c2CCC(C(C)(C)C)C3)c1. The van der Waals surface area contributed by atoms with Crippen molar-refractivity contribution in [2.24, 2.45) is 11.3 Å². The van der Waals surface area contributed by atoms with Gasteiger partial charge in [0, 0.05) is 15.9 Å². The molecule has 1 atom stereocenters. The lowest BCUT2D eigenvalue weighted by Crippen LogP contribution is -2.27. The van der Waals surface area contributed by atoms with Crippen LogP contribution in [0, 0.1) is 11.3 Å². The number of nitrogens with one attached hydrogen (secondary N) is 1. The number of thiophene rings is 1. The van der Waals surface area contributed by atoms with Gasteiger partial charge < -0.3 is 10.1 Å². The molecule has 2 aromatic rings. The lowest BCUT2D eigenvalue weighted by molar-refractivity contribution is 0.0505. The summed E-state index contributed by atoms with van der Waals surface area (Å²) in [7, 11) is 0. The van der Waals surface area contributed by atoms with E-state index in [2.05, 4.69) is 26.1 Å². The molecular formula is C23H29NO3S. The van der Waals surface area contributed by atoms with Crippen molar-refractivity contribution in [1.82, 2.24) is 0 Å². The number of fused-ring (bicyclic) bond motifs is 1. The van der Waals surface area contributed by atoms with Gasteiger partial charge in [-0.25, -0.2) is 4.79 Å². The predicted octanol–water partition coefficient (Wildman–Crippen LogP) is 5.72. The second kappa shape index (κ2) is 8.48. The maximum Gasteiger partial charge on any atom is 0.338 e. The Bertz CT molecular complexity index is 863. The van der Waals surface area contributed by atoms with E-state index in [1.165, 1.54) is 10.4 Å². The molecule has 0 bridgehead atoms. The molecule has 0 saturated heterocycles. The number of amides is 1. The van der Waals surface area contributed by atoms with E-state index >= 15 is 0 Å². The fourth-order valence-corrected chi connectivity index (χ4v) is 4.80. The van der Waals surface area contributed by atoms with Crippen LogP contribution < -0.4 is 5.32 Å². The van der Waals surface area contributed by atoms with E-state index in [9.17, 15) is 9.59 Å². The van der Waals surface area contributed by atoms with E-state index in [0.29, 0.717) is 23.8 Å². The van der Waals surface area contributed by atoms with Gasteiger partial charge >= 0.3 is 5.97 Å². The van der Waals surface area contributed by atoms with E-state index in [1.807, 2.05) is 12.3 Å². The van der Waals surface area contributed by atoms with Crippen molar-refractivity contribution in [2.75, 3.05) is 11.9 Å². The summed E-state index contributed by atoms with van der Waals surface area (Å²) in [6.45, 7) is 9.23. The number of carbonyl (C=O) groups is 2. The highest BCUT2D eigenvalue weighted by atomic mass is 32.1. The number of hydrogen-bond acceptors (Lipinski definition) is 4. The number of esters is 1. The van der Waals surface area contributed by atoms with Crippen LogP contribution in [0.4, 0.5) is 5.69 Å². The number of benzene rings is 1. The number of hydrogen-bond donors (Lipinski definition) is 1. The molecule has 1 unspecified atom stereocenters. The van der Waals surface area contributed by atoms with E-state index < -0.39 is 0 Å². The summed E-state index contributed by atoms with van der Waals surface area (Å²) in [6.07, 6.45) is 3.90. The molecule has 1 N–H and O–H groups in total. The predicted molar refractivity (Wildman–Crippen MR) is 114 cm³/mol.